The molecule has 11 heteroatoms. The third-order valence-corrected chi connectivity index (χ3v) is 9.86. The molecule has 2 fully saturated rings. The van der Waals surface area contributed by atoms with Gasteiger partial charge < -0.3 is 23.8 Å². The lowest BCUT2D eigenvalue weighted by atomic mass is 9.74. The highest BCUT2D eigenvalue weighted by Crippen LogP contribution is 2.49. The van der Waals surface area contributed by atoms with Crippen LogP contribution in [0.2, 0.25) is 0 Å². The highest BCUT2D eigenvalue weighted by molar-refractivity contribution is 7.91. The number of hydrogen-bond donors (Lipinski definition) is 0. The third-order valence-electron chi connectivity index (χ3n) is 8.16. The van der Waals surface area contributed by atoms with E-state index in [0.29, 0.717) is 36.9 Å². The van der Waals surface area contributed by atoms with Gasteiger partial charge in [0.25, 0.3) is 0 Å². The topological polar surface area (TPSA) is 95.3 Å². The van der Waals surface area contributed by atoms with E-state index in [4.69, 9.17) is 14.3 Å². The summed E-state index contributed by atoms with van der Waals surface area (Å²) in [5.41, 5.74) is 2.95. The average molecular weight is 581 g/mol. The summed E-state index contributed by atoms with van der Waals surface area (Å²) in [6.07, 6.45) is 6.64. The van der Waals surface area contributed by atoms with E-state index < -0.39 is 15.6 Å². The van der Waals surface area contributed by atoms with Gasteiger partial charge in [-0.05, 0) is 54.8 Å². The molecule has 0 N–H and O–H groups in total. The maximum atomic E-state index is 13.9. The van der Waals surface area contributed by atoms with Gasteiger partial charge >= 0.3 is 0 Å². The van der Waals surface area contributed by atoms with Gasteiger partial charge in [-0.2, -0.15) is 0 Å². The molecule has 0 amide bonds. The van der Waals surface area contributed by atoms with E-state index in [-0.39, 0.29) is 29.2 Å². The number of rotatable bonds is 8. The first-order valence-corrected chi connectivity index (χ1v) is 15.5. The zero-order valence-corrected chi connectivity index (χ0v) is 24.2. The zero-order valence-electron chi connectivity index (χ0n) is 23.3. The molecule has 1 atom stereocenters. The second-order valence-corrected chi connectivity index (χ2v) is 13.5. The van der Waals surface area contributed by atoms with Gasteiger partial charge in [-0.1, -0.05) is 30.3 Å². The SMILES string of the molecule is CCS(=O)(=O)CCC1(c2ccc(F)cc2)ON=C2C(=Cc3ccc(-n4cnc(C)c4)c(OC)c3)CC3(COC3)CN21. The number of nitrogens with zero attached hydrogens (tertiary/aromatic N) is 4. The Morgan fingerprint density at radius 1 is 1.17 bits per heavy atom. The molecule has 2 saturated heterocycles. The Morgan fingerprint density at radius 3 is 2.59 bits per heavy atom. The van der Waals surface area contributed by atoms with E-state index >= 15 is 0 Å². The first-order valence-electron chi connectivity index (χ1n) is 13.6. The van der Waals surface area contributed by atoms with Crippen LogP contribution >= 0.6 is 0 Å². The van der Waals surface area contributed by atoms with Crippen molar-refractivity contribution < 1.29 is 27.1 Å². The molecule has 41 heavy (non-hydrogen) atoms. The number of piperidine rings is 1. The second kappa shape index (κ2) is 10.3. The minimum Gasteiger partial charge on any atom is -0.495 e. The monoisotopic (exact) mass is 580 g/mol. The van der Waals surface area contributed by atoms with Crippen LogP contribution in [0.5, 0.6) is 5.75 Å². The molecule has 0 aliphatic carbocycles. The largest absolute Gasteiger partial charge is 0.495 e. The number of sulfone groups is 1. The molecule has 1 aromatic heterocycles. The number of ether oxygens (including phenoxy) is 2. The molecule has 3 aliphatic rings. The van der Waals surface area contributed by atoms with Crippen molar-refractivity contribution in [3.05, 3.63) is 83.2 Å². The highest BCUT2D eigenvalue weighted by Gasteiger charge is 2.56. The van der Waals surface area contributed by atoms with E-state index in [1.807, 2.05) is 35.9 Å². The summed E-state index contributed by atoms with van der Waals surface area (Å²) >= 11 is 0. The fourth-order valence-electron chi connectivity index (χ4n) is 5.83. The van der Waals surface area contributed by atoms with Gasteiger partial charge in [0.15, 0.2) is 5.84 Å². The Hall–Kier alpha value is -3.70. The number of oxime groups is 1. The Morgan fingerprint density at radius 2 is 1.95 bits per heavy atom. The Bertz CT molecular complexity index is 1630. The predicted molar refractivity (Wildman–Crippen MR) is 153 cm³/mol. The summed E-state index contributed by atoms with van der Waals surface area (Å²) in [6, 6.07) is 12.0. The third kappa shape index (κ3) is 5.01. The Labute approximate surface area is 239 Å². The molecular formula is C30H33FN4O5S. The zero-order chi connectivity index (χ0) is 28.8. The molecule has 0 radical (unpaired) electrons. The molecule has 0 saturated carbocycles. The van der Waals surface area contributed by atoms with Crippen LogP contribution in [0.25, 0.3) is 11.8 Å². The van der Waals surface area contributed by atoms with Gasteiger partial charge in [-0.15, -0.1) is 0 Å². The van der Waals surface area contributed by atoms with E-state index in [1.165, 1.54) is 12.1 Å². The number of aromatic nitrogens is 2. The molecule has 1 spiro atoms. The molecular weight excluding hydrogens is 547 g/mol. The number of fused-ring (bicyclic) bond motifs is 1. The summed E-state index contributed by atoms with van der Waals surface area (Å²) in [5.74, 6) is 0.903. The number of benzene rings is 2. The first-order chi connectivity index (χ1) is 19.7. The van der Waals surface area contributed by atoms with Crippen LogP contribution in [0, 0.1) is 18.2 Å². The summed E-state index contributed by atoms with van der Waals surface area (Å²) in [4.78, 5) is 12.6. The highest BCUT2D eigenvalue weighted by atomic mass is 32.2. The lowest BCUT2D eigenvalue weighted by Gasteiger charge is -2.51. The minimum atomic E-state index is -3.31. The lowest BCUT2D eigenvalue weighted by molar-refractivity contribution is -0.166. The van der Waals surface area contributed by atoms with Crippen molar-refractivity contribution in [1.29, 1.82) is 0 Å². The summed E-state index contributed by atoms with van der Waals surface area (Å²) < 4.78 is 52.5. The van der Waals surface area contributed by atoms with E-state index in [0.717, 1.165) is 28.9 Å². The quantitative estimate of drug-likeness (QED) is 0.388. The number of methoxy groups -OCH3 is 1. The molecule has 4 heterocycles. The first kappa shape index (κ1) is 27.5. The van der Waals surface area contributed by atoms with Crippen LogP contribution in [0.1, 0.15) is 36.6 Å². The number of imidazole rings is 1. The minimum absolute atomic E-state index is 0.0274. The number of hydrogen-bond acceptors (Lipinski definition) is 8. The second-order valence-electron chi connectivity index (χ2n) is 11.1. The fraction of sp³-hybridized carbons (Fsp3) is 0.400. The normalized spacial score (nSPS) is 22.3. The van der Waals surface area contributed by atoms with Crippen LogP contribution < -0.4 is 4.74 Å². The number of halogens is 1. The van der Waals surface area contributed by atoms with Gasteiger partial charge in [0, 0.05) is 35.9 Å². The lowest BCUT2D eigenvalue weighted by Crippen LogP contribution is -2.60. The summed E-state index contributed by atoms with van der Waals surface area (Å²) in [5, 5.41) is 4.55. The summed E-state index contributed by atoms with van der Waals surface area (Å²) in [7, 11) is -1.67. The summed E-state index contributed by atoms with van der Waals surface area (Å²) in [6.45, 7) is 5.29. The van der Waals surface area contributed by atoms with Gasteiger partial charge in [0.1, 0.15) is 21.4 Å². The standard InChI is InChI=1S/C30H33FN4O5S/c1-4-41(36,37)12-11-30(24-6-8-25(31)9-7-24)35-17-29(18-39-19-29)15-23(28(35)33-40-30)13-22-5-10-26(27(14-22)38-3)34-16-21(2)32-20-34/h5-10,13-14,16,20H,4,11-12,15,17-19H2,1-3H3. The van der Waals surface area contributed by atoms with Crippen molar-refractivity contribution in [1.82, 2.24) is 14.5 Å². The Balaban J connectivity index is 1.40. The van der Waals surface area contributed by atoms with Crippen molar-refractivity contribution in [2.45, 2.75) is 32.4 Å². The van der Waals surface area contributed by atoms with E-state index in [9.17, 15) is 12.8 Å². The van der Waals surface area contributed by atoms with Crippen LogP contribution in [0.15, 0.2) is 65.7 Å². The molecule has 1 unspecified atom stereocenters. The molecule has 6 rings (SSSR count). The van der Waals surface area contributed by atoms with E-state index in [2.05, 4.69) is 21.1 Å². The maximum absolute atomic E-state index is 13.9. The van der Waals surface area contributed by atoms with Crippen molar-refractivity contribution >= 4 is 21.7 Å². The number of aryl methyl sites for hydroxylation is 1. The predicted octanol–water partition coefficient (Wildman–Crippen LogP) is 4.46. The smallest absolute Gasteiger partial charge is 0.238 e. The molecule has 2 aromatic carbocycles. The van der Waals surface area contributed by atoms with Crippen molar-refractivity contribution in [3.63, 3.8) is 0 Å². The molecule has 216 valence electrons. The van der Waals surface area contributed by atoms with Crippen molar-refractivity contribution in [3.8, 4) is 11.4 Å². The van der Waals surface area contributed by atoms with Crippen LogP contribution in [-0.2, 0) is 25.1 Å². The maximum Gasteiger partial charge on any atom is 0.238 e. The molecule has 0 bridgehead atoms. The van der Waals surface area contributed by atoms with Crippen LogP contribution in [0.3, 0.4) is 0 Å². The molecule has 3 aliphatic heterocycles. The number of amidine groups is 1. The van der Waals surface area contributed by atoms with Gasteiger partial charge in [-0.25, -0.2) is 17.8 Å². The Kier molecular flexibility index (Phi) is 6.89. The van der Waals surface area contributed by atoms with Crippen LogP contribution in [-0.4, -0.2) is 67.1 Å². The van der Waals surface area contributed by atoms with Gasteiger partial charge in [0.05, 0.1) is 43.8 Å². The van der Waals surface area contributed by atoms with E-state index in [1.54, 1.807) is 32.5 Å². The molecule has 3 aromatic rings. The average Bonchev–Trinajstić information content (AvgIpc) is 3.55. The van der Waals surface area contributed by atoms with Crippen molar-refractivity contribution in [2.24, 2.45) is 10.6 Å². The van der Waals surface area contributed by atoms with Crippen molar-refractivity contribution in [2.75, 3.05) is 38.4 Å². The van der Waals surface area contributed by atoms with Crippen LogP contribution in [0.4, 0.5) is 4.39 Å². The van der Waals surface area contributed by atoms with Gasteiger partial charge in [-0.3, -0.25) is 0 Å². The van der Waals surface area contributed by atoms with Gasteiger partial charge in [0.2, 0.25) is 5.72 Å². The fourth-order valence-corrected chi connectivity index (χ4v) is 6.71. The molecule has 9 nitrogen and oxygen atoms in total.